The van der Waals surface area contributed by atoms with Gasteiger partial charge in [0.1, 0.15) is 5.75 Å². The Morgan fingerprint density at radius 3 is 2.71 bits per heavy atom. The van der Waals surface area contributed by atoms with Crippen LogP contribution >= 0.6 is 11.6 Å². The third-order valence-electron chi connectivity index (χ3n) is 3.55. The molecule has 116 valence electrons. The third kappa shape index (κ3) is 5.56. The molecule has 0 bridgehead atoms. The molecular weight excluding hydrogens is 290 g/mol. The first-order valence-corrected chi connectivity index (χ1v) is 7.83. The Morgan fingerprint density at radius 1 is 1.33 bits per heavy atom. The molecule has 0 aromatic heterocycles. The first-order chi connectivity index (χ1) is 10.2. The second-order valence-corrected chi connectivity index (χ2v) is 5.73. The Morgan fingerprint density at radius 2 is 2.05 bits per heavy atom. The number of nitrogens with one attached hydrogen (secondary N) is 1. The summed E-state index contributed by atoms with van der Waals surface area (Å²) in [6.07, 6.45) is 2.83. The van der Waals surface area contributed by atoms with Crippen LogP contribution in [0.1, 0.15) is 26.2 Å². The molecule has 21 heavy (non-hydrogen) atoms. The zero-order valence-corrected chi connectivity index (χ0v) is 13.1. The van der Waals surface area contributed by atoms with E-state index in [-0.39, 0.29) is 5.97 Å². The Hall–Kier alpha value is -1.26. The van der Waals surface area contributed by atoms with Crippen molar-refractivity contribution in [2.24, 2.45) is 5.92 Å². The van der Waals surface area contributed by atoms with Crippen LogP contribution < -0.4 is 10.1 Å². The Labute approximate surface area is 130 Å². The minimum Gasteiger partial charge on any atom is -0.490 e. The van der Waals surface area contributed by atoms with Crippen LogP contribution in [0.4, 0.5) is 0 Å². The second-order valence-electron chi connectivity index (χ2n) is 5.29. The van der Waals surface area contributed by atoms with E-state index < -0.39 is 0 Å². The summed E-state index contributed by atoms with van der Waals surface area (Å²) in [5, 5.41) is 4.02. The maximum Gasteiger partial charge on any atom is 0.307 e. The van der Waals surface area contributed by atoms with Crippen molar-refractivity contribution < 1.29 is 14.3 Å². The maximum atomic E-state index is 11.2. The minimum absolute atomic E-state index is 0.137. The molecule has 1 fully saturated rings. The van der Waals surface area contributed by atoms with Gasteiger partial charge in [-0.1, -0.05) is 11.6 Å². The van der Waals surface area contributed by atoms with Crippen molar-refractivity contribution in [3.63, 3.8) is 0 Å². The lowest BCUT2D eigenvalue weighted by Gasteiger charge is -2.35. The van der Waals surface area contributed by atoms with Crippen molar-refractivity contribution in [2.45, 2.75) is 32.3 Å². The van der Waals surface area contributed by atoms with E-state index in [1.54, 1.807) is 0 Å². The van der Waals surface area contributed by atoms with Gasteiger partial charge in [-0.15, -0.1) is 0 Å². The Balaban J connectivity index is 1.53. The standard InChI is InChI=1S/C16H22ClNO3/c1-2-20-16(19)7-8-18-11-12-9-15(10-12)21-14-5-3-13(17)4-6-14/h3-6,12,15,18H,2,7-11H2,1H3/t12-,15+. The van der Waals surface area contributed by atoms with Gasteiger partial charge >= 0.3 is 5.97 Å². The molecule has 0 atom stereocenters. The van der Waals surface area contributed by atoms with Crippen LogP contribution in [-0.2, 0) is 9.53 Å². The van der Waals surface area contributed by atoms with E-state index in [0.29, 0.717) is 31.6 Å². The molecule has 1 saturated carbocycles. The molecule has 0 unspecified atom stereocenters. The van der Waals surface area contributed by atoms with Crippen molar-refractivity contribution in [1.82, 2.24) is 5.32 Å². The lowest BCUT2D eigenvalue weighted by Crippen LogP contribution is -2.40. The lowest BCUT2D eigenvalue weighted by atomic mass is 9.82. The van der Waals surface area contributed by atoms with Crippen LogP contribution in [0.25, 0.3) is 0 Å². The van der Waals surface area contributed by atoms with Gasteiger partial charge < -0.3 is 14.8 Å². The highest BCUT2D eigenvalue weighted by Crippen LogP contribution is 2.31. The zero-order chi connectivity index (χ0) is 15.1. The quantitative estimate of drug-likeness (QED) is 0.592. The molecule has 0 spiro atoms. The van der Waals surface area contributed by atoms with Gasteiger partial charge in [-0.2, -0.15) is 0 Å². The van der Waals surface area contributed by atoms with E-state index in [4.69, 9.17) is 21.1 Å². The Bertz CT molecular complexity index is 443. The topological polar surface area (TPSA) is 47.6 Å². The average molecular weight is 312 g/mol. The molecule has 0 heterocycles. The van der Waals surface area contributed by atoms with Gasteiger partial charge in [-0.05, 0) is 56.5 Å². The number of carbonyl (C=O) groups excluding carboxylic acids is 1. The van der Waals surface area contributed by atoms with Crippen LogP contribution in [0.2, 0.25) is 5.02 Å². The zero-order valence-electron chi connectivity index (χ0n) is 12.3. The number of carbonyl (C=O) groups is 1. The average Bonchev–Trinajstić information content (AvgIpc) is 2.42. The van der Waals surface area contributed by atoms with Crippen molar-refractivity contribution in [1.29, 1.82) is 0 Å². The number of rotatable bonds is 8. The van der Waals surface area contributed by atoms with Crippen LogP contribution in [0.3, 0.4) is 0 Å². The molecule has 0 radical (unpaired) electrons. The van der Waals surface area contributed by atoms with Crippen molar-refractivity contribution in [3.05, 3.63) is 29.3 Å². The molecule has 1 aliphatic rings. The summed E-state index contributed by atoms with van der Waals surface area (Å²) in [5.41, 5.74) is 0. The predicted molar refractivity (Wildman–Crippen MR) is 82.7 cm³/mol. The van der Waals surface area contributed by atoms with E-state index >= 15 is 0 Å². The van der Waals surface area contributed by atoms with Crippen LogP contribution in [0.5, 0.6) is 5.75 Å². The first kappa shape index (κ1) is 16.1. The van der Waals surface area contributed by atoms with E-state index in [9.17, 15) is 4.79 Å². The molecule has 1 N–H and O–H groups in total. The van der Waals surface area contributed by atoms with Gasteiger partial charge in [0.15, 0.2) is 0 Å². The summed E-state index contributed by atoms with van der Waals surface area (Å²) in [4.78, 5) is 11.2. The number of ether oxygens (including phenoxy) is 2. The SMILES string of the molecule is CCOC(=O)CCNC[C@H]1C[C@@H](Oc2ccc(Cl)cc2)C1. The van der Waals surface area contributed by atoms with Gasteiger partial charge in [0.05, 0.1) is 19.1 Å². The monoisotopic (exact) mass is 311 g/mol. The molecule has 0 aliphatic heterocycles. The van der Waals surface area contributed by atoms with Crippen molar-refractivity contribution in [2.75, 3.05) is 19.7 Å². The summed E-state index contributed by atoms with van der Waals surface area (Å²) in [5.74, 6) is 1.37. The fourth-order valence-corrected chi connectivity index (χ4v) is 2.50. The maximum absolute atomic E-state index is 11.2. The van der Waals surface area contributed by atoms with Crippen LogP contribution in [0, 0.1) is 5.92 Å². The highest BCUT2D eigenvalue weighted by atomic mass is 35.5. The van der Waals surface area contributed by atoms with E-state index in [1.807, 2.05) is 31.2 Å². The summed E-state index contributed by atoms with van der Waals surface area (Å²) >= 11 is 5.84. The molecule has 1 aliphatic carbocycles. The number of esters is 1. The Kier molecular flexibility index (Phi) is 6.33. The molecule has 1 aromatic carbocycles. The molecule has 1 aromatic rings. The number of hydrogen-bond acceptors (Lipinski definition) is 4. The second kappa shape index (κ2) is 8.25. The molecule has 5 heteroatoms. The smallest absolute Gasteiger partial charge is 0.307 e. The third-order valence-corrected chi connectivity index (χ3v) is 3.81. The normalized spacial score (nSPS) is 20.7. The van der Waals surface area contributed by atoms with Gasteiger partial charge in [-0.3, -0.25) is 4.79 Å². The van der Waals surface area contributed by atoms with Crippen LogP contribution in [-0.4, -0.2) is 31.8 Å². The number of benzene rings is 1. The molecule has 4 nitrogen and oxygen atoms in total. The van der Waals surface area contributed by atoms with Crippen molar-refractivity contribution in [3.8, 4) is 5.75 Å². The van der Waals surface area contributed by atoms with Crippen molar-refractivity contribution >= 4 is 17.6 Å². The molecular formula is C16H22ClNO3. The van der Waals surface area contributed by atoms with Gasteiger partial charge in [0.2, 0.25) is 0 Å². The van der Waals surface area contributed by atoms with Crippen LogP contribution in [0.15, 0.2) is 24.3 Å². The van der Waals surface area contributed by atoms with Gasteiger partial charge in [-0.25, -0.2) is 0 Å². The van der Waals surface area contributed by atoms with Gasteiger partial charge in [0, 0.05) is 11.6 Å². The number of halogens is 1. The van der Waals surface area contributed by atoms with Gasteiger partial charge in [0.25, 0.3) is 0 Å². The number of hydrogen-bond donors (Lipinski definition) is 1. The van der Waals surface area contributed by atoms with E-state index in [0.717, 1.165) is 30.2 Å². The lowest BCUT2D eigenvalue weighted by molar-refractivity contribution is -0.143. The first-order valence-electron chi connectivity index (χ1n) is 7.46. The molecule has 2 rings (SSSR count). The summed E-state index contributed by atoms with van der Waals surface area (Å²) in [6.45, 7) is 3.88. The van der Waals surface area contributed by atoms with E-state index in [1.165, 1.54) is 0 Å². The highest BCUT2D eigenvalue weighted by Gasteiger charge is 2.30. The highest BCUT2D eigenvalue weighted by molar-refractivity contribution is 6.30. The molecule has 0 amide bonds. The fraction of sp³-hybridized carbons (Fsp3) is 0.562. The van der Waals surface area contributed by atoms with E-state index in [2.05, 4.69) is 5.32 Å². The summed E-state index contributed by atoms with van der Waals surface area (Å²) < 4.78 is 10.7. The fourth-order valence-electron chi connectivity index (χ4n) is 2.37. The molecule has 0 saturated heterocycles. The minimum atomic E-state index is -0.137. The summed E-state index contributed by atoms with van der Waals surface area (Å²) in [6, 6.07) is 7.47. The summed E-state index contributed by atoms with van der Waals surface area (Å²) in [7, 11) is 0. The predicted octanol–water partition coefficient (Wildman–Crippen LogP) is 3.04. The largest absolute Gasteiger partial charge is 0.490 e.